The number of Topliss-reactive ketones (excluding diaryl/α,β-unsaturated/α-hetero) is 1. The van der Waals surface area contributed by atoms with Crippen molar-refractivity contribution in [2.24, 2.45) is 28.6 Å². The van der Waals surface area contributed by atoms with E-state index in [1.165, 1.54) is 18.2 Å². The molecule has 0 aromatic heterocycles. The number of alkyl halides is 1. The van der Waals surface area contributed by atoms with Gasteiger partial charge in [0.1, 0.15) is 11.4 Å². The van der Waals surface area contributed by atoms with Gasteiger partial charge in [0.15, 0.2) is 11.5 Å². The number of carbonyl (C=O) groups excluding carboxylic acids is 2. The number of allylic oxidation sites excluding steroid dienone is 4. The Labute approximate surface area is 214 Å². The molecule has 0 amide bonds. The normalized spacial score (nSPS) is 46.5. The smallest absolute Gasteiger partial charge is 0.849 e. The molecule has 0 saturated heterocycles. The molecule has 8 nitrogen and oxygen atoms in total. The van der Waals surface area contributed by atoms with E-state index in [2.05, 4.69) is 0 Å². The number of ketones is 2. The molecule has 11 heteroatoms. The molecule has 0 aromatic rings. The molecule has 3 N–H and O–H groups in total. The van der Waals surface area contributed by atoms with Gasteiger partial charge in [-0.1, -0.05) is 32.1 Å². The number of rotatable bonds is 4. The molecule has 0 heterocycles. The molecule has 2 unspecified atom stereocenters. The fourth-order valence-corrected chi connectivity index (χ4v) is 8.53. The first-order chi connectivity index (χ1) is 14.7. The Morgan fingerprint density at radius 3 is 2.55 bits per heavy atom. The fraction of sp³-hybridized carbons (Fsp3) is 0.727. The minimum absolute atomic E-state index is 0. The Kier molecular flexibility index (Phi) is 6.99. The van der Waals surface area contributed by atoms with Crippen molar-refractivity contribution < 1.29 is 72.6 Å². The average molecular weight is 494 g/mol. The van der Waals surface area contributed by atoms with Crippen LogP contribution >= 0.6 is 7.82 Å². The van der Waals surface area contributed by atoms with E-state index in [4.69, 9.17) is 4.52 Å². The summed E-state index contributed by atoms with van der Waals surface area (Å²) in [6.07, 6.45) is 3.21. The second-order valence-corrected chi connectivity index (χ2v) is 11.5. The van der Waals surface area contributed by atoms with Crippen LogP contribution in [0.3, 0.4) is 0 Å². The first kappa shape index (κ1) is 27.4. The SMILES string of the molecule is C[C@@H]1CC2C3CCC4=CC(=O)C=C[C@]4(C)[C@@]3(F)[C@@H](O)C[C@]2(C)[C@@]1(OP(=O)(O)O)C(=O)C[O-].[Na+]. The summed E-state index contributed by atoms with van der Waals surface area (Å²) in [5.41, 5.74) is -6.27. The number of halogens is 1. The zero-order valence-corrected chi connectivity index (χ0v) is 22.2. The quantitative estimate of drug-likeness (QED) is 0.313. The summed E-state index contributed by atoms with van der Waals surface area (Å²) in [4.78, 5) is 44.1. The Hall–Kier alpha value is -0.220. The molecule has 0 spiro atoms. The molecule has 0 aliphatic heterocycles. The second kappa shape index (κ2) is 8.43. The maximum atomic E-state index is 17.1. The van der Waals surface area contributed by atoms with Crippen LogP contribution in [0, 0.1) is 28.6 Å². The van der Waals surface area contributed by atoms with Gasteiger partial charge < -0.3 is 20.0 Å². The molecule has 4 aliphatic rings. The largest absolute Gasteiger partial charge is 1.00 e. The van der Waals surface area contributed by atoms with Crippen molar-refractivity contribution in [1.29, 1.82) is 0 Å². The van der Waals surface area contributed by atoms with Gasteiger partial charge in [-0.3, -0.25) is 14.1 Å². The first-order valence-corrected chi connectivity index (χ1v) is 12.4. The van der Waals surface area contributed by atoms with Crippen LogP contribution in [0.2, 0.25) is 0 Å². The molecule has 4 aliphatic carbocycles. The van der Waals surface area contributed by atoms with Gasteiger partial charge in [-0.15, -0.1) is 0 Å². The summed E-state index contributed by atoms with van der Waals surface area (Å²) in [6.45, 7) is 3.55. The molecule has 178 valence electrons. The summed E-state index contributed by atoms with van der Waals surface area (Å²) in [5.74, 6) is -3.34. The molecule has 0 aromatic carbocycles. The summed E-state index contributed by atoms with van der Waals surface area (Å²) in [6, 6.07) is 0. The molecular formula is C22H29FNaO8P. The van der Waals surface area contributed by atoms with Gasteiger partial charge >= 0.3 is 37.4 Å². The molecule has 33 heavy (non-hydrogen) atoms. The van der Waals surface area contributed by atoms with Crippen LogP contribution in [-0.2, 0) is 18.7 Å². The van der Waals surface area contributed by atoms with Crippen LogP contribution in [0.15, 0.2) is 23.8 Å². The molecule has 0 bridgehead atoms. The van der Waals surface area contributed by atoms with Crippen LogP contribution in [0.25, 0.3) is 0 Å². The van der Waals surface area contributed by atoms with E-state index >= 15 is 4.39 Å². The van der Waals surface area contributed by atoms with E-state index in [0.29, 0.717) is 18.4 Å². The van der Waals surface area contributed by atoms with E-state index in [-0.39, 0.29) is 48.2 Å². The number of phosphoric ester groups is 1. The summed E-state index contributed by atoms with van der Waals surface area (Å²) in [7, 11) is -5.20. The van der Waals surface area contributed by atoms with Crippen molar-refractivity contribution in [3.05, 3.63) is 23.8 Å². The van der Waals surface area contributed by atoms with Gasteiger partial charge in [-0.2, -0.15) is 0 Å². The van der Waals surface area contributed by atoms with Gasteiger partial charge in [0.05, 0.1) is 6.10 Å². The van der Waals surface area contributed by atoms with Crippen LogP contribution in [0.1, 0.15) is 46.5 Å². The van der Waals surface area contributed by atoms with Gasteiger partial charge in [0.25, 0.3) is 0 Å². The number of phosphoric acid groups is 1. The molecule has 3 fully saturated rings. The Morgan fingerprint density at radius 2 is 1.97 bits per heavy atom. The topological polar surface area (TPSA) is 144 Å². The number of hydrogen-bond donors (Lipinski definition) is 3. The van der Waals surface area contributed by atoms with Crippen LogP contribution in [0.4, 0.5) is 4.39 Å². The van der Waals surface area contributed by atoms with E-state index in [9.17, 15) is 34.2 Å². The van der Waals surface area contributed by atoms with Crippen molar-refractivity contribution >= 4 is 19.4 Å². The maximum Gasteiger partial charge on any atom is 1.00 e. The Balaban J connectivity index is 0.00000306. The third-order valence-corrected chi connectivity index (χ3v) is 9.52. The van der Waals surface area contributed by atoms with Crippen LogP contribution in [0.5, 0.6) is 0 Å². The van der Waals surface area contributed by atoms with Gasteiger partial charge in [0, 0.05) is 16.7 Å². The van der Waals surface area contributed by atoms with Crippen molar-refractivity contribution in [1.82, 2.24) is 0 Å². The predicted molar refractivity (Wildman–Crippen MR) is 109 cm³/mol. The second-order valence-electron chi connectivity index (χ2n) is 10.3. The van der Waals surface area contributed by atoms with Gasteiger partial charge in [-0.25, -0.2) is 8.96 Å². The standard InChI is InChI=1S/C22H29FO8P.Na/c1-12-8-16-15-5-4-13-9-14(25)6-7-19(13,2)21(15,23)17(26)10-20(16,3)22(12,18(27)11-24)31-32(28,29)30;/h6-7,9,12,15-17,26H,4-5,8,10-11H2,1-3H3,(H2,28,29,30);/q-1;+1/t12-,15?,16?,17+,19+,20+,21+,22+;/m1./s1. The van der Waals surface area contributed by atoms with E-state index in [1.807, 2.05) is 0 Å². The third kappa shape index (κ3) is 3.50. The number of aliphatic hydroxyl groups is 1. The average Bonchev–Trinajstić information content (AvgIpc) is 2.90. The minimum atomic E-state index is -5.20. The predicted octanol–water partition coefficient (Wildman–Crippen LogP) is -1.62. The molecule has 8 atom stereocenters. The zero-order valence-electron chi connectivity index (χ0n) is 19.3. The fourth-order valence-electron chi connectivity index (χ4n) is 7.66. The van der Waals surface area contributed by atoms with Crippen LogP contribution < -0.4 is 34.7 Å². The minimum Gasteiger partial charge on any atom is -0.849 e. The Bertz CT molecular complexity index is 979. The van der Waals surface area contributed by atoms with Crippen LogP contribution in [-0.4, -0.2) is 50.4 Å². The Morgan fingerprint density at radius 1 is 1.33 bits per heavy atom. The first-order valence-electron chi connectivity index (χ1n) is 10.9. The van der Waals surface area contributed by atoms with Crippen molar-refractivity contribution in [3.63, 3.8) is 0 Å². The third-order valence-electron chi connectivity index (χ3n) is 8.99. The summed E-state index contributed by atoms with van der Waals surface area (Å²) >= 11 is 0. The van der Waals surface area contributed by atoms with Crippen molar-refractivity contribution in [2.75, 3.05) is 6.61 Å². The molecule has 3 saturated carbocycles. The number of aliphatic hydroxyl groups excluding tert-OH is 1. The molecular weight excluding hydrogens is 465 g/mol. The van der Waals surface area contributed by atoms with Crippen molar-refractivity contribution in [2.45, 2.75) is 63.8 Å². The maximum absolute atomic E-state index is 17.1. The summed E-state index contributed by atoms with van der Waals surface area (Å²) in [5, 5.41) is 23.0. The molecule has 0 radical (unpaired) electrons. The van der Waals surface area contributed by atoms with Crippen molar-refractivity contribution in [3.8, 4) is 0 Å². The number of carbonyl (C=O) groups is 2. The monoisotopic (exact) mass is 494 g/mol. The zero-order chi connectivity index (χ0) is 23.9. The van der Waals surface area contributed by atoms with E-state index in [0.717, 1.165) is 0 Å². The number of hydrogen-bond acceptors (Lipinski definition) is 6. The summed E-state index contributed by atoms with van der Waals surface area (Å²) < 4.78 is 34.1. The molecule has 4 rings (SSSR count). The van der Waals surface area contributed by atoms with Gasteiger partial charge in [-0.05, 0) is 56.6 Å². The van der Waals surface area contributed by atoms with E-state index in [1.54, 1.807) is 20.8 Å². The van der Waals surface area contributed by atoms with E-state index < -0.39 is 66.2 Å². The van der Waals surface area contributed by atoms with Gasteiger partial charge in [0.2, 0.25) is 0 Å². The number of fused-ring (bicyclic) bond motifs is 5.